The second-order valence-electron chi connectivity index (χ2n) is 5.26. The summed E-state index contributed by atoms with van der Waals surface area (Å²) < 4.78 is 0. The Morgan fingerprint density at radius 1 is 1.12 bits per heavy atom. The van der Waals surface area contributed by atoms with Crippen molar-refractivity contribution in [3.8, 4) is 0 Å². The summed E-state index contributed by atoms with van der Waals surface area (Å²) in [4.78, 5) is 5.18. The molecule has 2 fully saturated rings. The van der Waals surface area contributed by atoms with Gasteiger partial charge in [0.25, 0.3) is 0 Å². The van der Waals surface area contributed by atoms with Gasteiger partial charge in [-0.2, -0.15) is 0 Å². The summed E-state index contributed by atoms with van der Waals surface area (Å²) in [6.45, 7) is 1.27. The fraction of sp³-hybridized carbons (Fsp3) is 0.571. The van der Waals surface area contributed by atoms with E-state index in [2.05, 4.69) is 28.2 Å². The van der Waals surface area contributed by atoms with Crippen molar-refractivity contribution in [3.63, 3.8) is 0 Å². The van der Waals surface area contributed by atoms with E-state index in [0.717, 1.165) is 0 Å². The molecule has 0 bridgehead atoms. The molecule has 3 aliphatic heterocycles. The SMILES string of the molecule is C1=C2CC3N(C=C4CCCCN43)C2=CCC1. The van der Waals surface area contributed by atoms with E-state index < -0.39 is 0 Å². The Morgan fingerprint density at radius 2 is 2.06 bits per heavy atom. The van der Waals surface area contributed by atoms with E-state index in [1.165, 1.54) is 50.8 Å². The van der Waals surface area contributed by atoms with Crippen LogP contribution in [0.15, 0.2) is 35.3 Å². The van der Waals surface area contributed by atoms with Gasteiger partial charge in [0, 0.05) is 30.6 Å². The molecule has 1 unspecified atom stereocenters. The van der Waals surface area contributed by atoms with E-state index in [1.807, 2.05) is 0 Å². The zero-order valence-corrected chi connectivity index (χ0v) is 9.65. The maximum atomic E-state index is 2.64. The third kappa shape index (κ3) is 1.07. The zero-order valence-electron chi connectivity index (χ0n) is 9.65. The molecule has 0 saturated carbocycles. The van der Waals surface area contributed by atoms with Crippen molar-refractivity contribution in [3.05, 3.63) is 35.3 Å². The van der Waals surface area contributed by atoms with E-state index in [1.54, 1.807) is 11.3 Å². The number of piperidine rings is 1. The van der Waals surface area contributed by atoms with Gasteiger partial charge < -0.3 is 9.80 Å². The van der Waals surface area contributed by atoms with Crippen molar-refractivity contribution in [1.82, 2.24) is 9.80 Å². The second-order valence-corrected chi connectivity index (χ2v) is 5.26. The van der Waals surface area contributed by atoms with Gasteiger partial charge in [-0.05, 0) is 37.7 Å². The molecule has 1 aliphatic carbocycles. The van der Waals surface area contributed by atoms with Crippen LogP contribution in [0, 0.1) is 0 Å². The quantitative estimate of drug-likeness (QED) is 0.611. The van der Waals surface area contributed by atoms with Crippen LogP contribution in [0.2, 0.25) is 0 Å². The van der Waals surface area contributed by atoms with Gasteiger partial charge in [0.05, 0.1) is 0 Å². The van der Waals surface area contributed by atoms with E-state index >= 15 is 0 Å². The molecular formula is C14H18N2. The Labute approximate surface area is 96.9 Å². The van der Waals surface area contributed by atoms with E-state index in [9.17, 15) is 0 Å². The van der Waals surface area contributed by atoms with Crippen molar-refractivity contribution in [2.75, 3.05) is 6.54 Å². The highest BCUT2D eigenvalue weighted by Gasteiger charge is 2.41. The first-order valence-electron chi connectivity index (χ1n) is 6.59. The van der Waals surface area contributed by atoms with Crippen LogP contribution < -0.4 is 0 Å². The molecule has 84 valence electrons. The van der Waals surface area contributed by atoms with Gasteiger partial charge in [0.1, 0.15) is 6.17 Å². The predicted octanol–water partition coefficient (Wildman–Crippen LogP) is 2.96. The fourth-order valence-electron chi connectivity index (χ4n) is 3.56. The second kappa shape index (κ2) is 3.16. The van der Waals surface area contributed by atoms with Gasteiger partial charge in [0.15, 0.2) is 0 Å². The van der Waals surface area contributed by atoms with Crippen LogP contribution in [0.25, 0.3) is 0 Å². The molecule has 2 nitrogen and oxygen atoms in total. The Bertz CT molecular complexity index is 416. The number of rotatable bonds is 0. The topological polar surface area (TPSA) is 6.48 Å². The molecule has 3 heterocycles. The number of fused-ring (bicyclic) bond motifs is 5. The standard InChI is InChI=1S/C14H18N2/c1-2-7-13-11(5-1)9-14-15-8-4-3-6-12(15)10-16(13)14/h5,7,10,14H,1-4,6,8-9H2. The van der Waals surface area contributed by atoms with Crippen molar-refractivity contribution in [1.29, 1.82) is 0 Å². The monoisotopic (exact) mass is 214 g/mol. The summed E-state index contributed by atoms with van der Waals surface area (Å²) in [5, 5.41) is 0. The Morgan fingerprint density at radius 3 is 3.06 bits per heavy atom. The Hall–Kier alpha value is -1.18. The smallest absolute Gasteiger partial charge is 0.110 e. The summed E-state index contributed by atoms with van der Waals surface area (Å²) >= 11 is 0. The third-order valence-corrected chi connectivity index (χ3v) is 4.32. The van der Waals surface area contributed by atoms with Crippen molar-refractivity contribution in [2.45, 2.75) is 44.7 Å². The maximum absolute atomic E-state index is 2.64. The molecule has 2 saturated heterocycles. The lowest BCUT2D eigenvalue weighted by Crippen LogP contribution is -2.37. The predicted molar refractivity (Wildman–Crippen MR) is 64.3 cm³/mol. The molecule has 4 rings (SSSR count). The highest BCUT2D eigenvalue weighted by atomic mass is 15.4. The molecule has 0 N–H and O–H groups in total. The van der Waals surface area contributed by atoms with Crippen LogP contribution in [0.5, 0.6) is 0 Å². The van der Waals surface area contributed by atoms with Crippen molar-refractivity contribution >= 4 is 0 Å². The first kappa shape index (κ1) is 8.91. The zero-order chi connectivity index (χ0) is 10.5. The molecule has 0 aromatic heterocycles. The minimum absolute atomic E-state index is 0.630. The molecule has 0 aromatic carbocycles. The normalized spacial score (nSPS) is 31.5. The van der Waals surface area contributed by atoms with Gasteiger partial charge in [-0.25, -0.2) is 0 Å². The molecular weight excluding hydrogens is 196 g/mol. The van der Waals surface area contributed by atoms with Crippen molar-refractivity contribution < 1.29 is 0 Å². The number of hydrogen-bond acceptors (Lipinski definition) is 2. The maximum Gasteiger partial charge on any atom is 0.110 e. The minimum Gasteiger partial charge on any atom is -0.353 e. The van der Waals surface area contributed by atoms with E-state index in [0.29, 0.717) is 6.17 Å². The first-order valence-corrected chi connectivity index (χ1v) is 6.59. The fourth-order valence-corrected chi connectivity index (χ4v) is 3.56. The van der Waals surface area contributed by atoms with Gasteiger partial charge in [-0.3, -0.25) is 0 Å². The molecule has 1 atom stereocenters. The lowest BCUT2D eigenvalue weighted by atomic mass is 10.0. The third-order valence-electron chi connectivity index (χ3n) is 4.32. The molecule has 0 amide bonds. The van der Waals surface area contributed by atoms with E-state index in [4.69, 9.17) is 0 Å². The van der Waals surface area contributed by atoms with E-state index in [-0.39, 0.29) is 0 Å². The molecule has 16 heavy (non-hydrogen) atoms. The van der Waals surface area contributed by atoms with Crippen LogP contribution in [-0.4, -0.2) is 22.5 Å². The van der Waals surface area contributed by atoms with Crippen LogP contribution in [-0.2, 0) is 0 Å². The van der Waals surface area contributed by atoms with Gasteiger partial charge in [-0.1, -0.05) is 12.2 Å². The Kier molecular flexibility index (Phi) is 1.76. The number of hydrogen-bond donors (Lipinski definition) is 0. The van der Waals surface area contributed by atoms with Crippen LogP contribution >= 0.6 is 0 Å². The van der Waals surface area contributed by atoms with Crippen molar-refractivity contribution in [2.24, 2.45) is 0 Å². The van der Waals surface area contributed by atoms with Crippen LogP contribution in [0.1, 0.15) is 38.5 Å². The summed E-state index contributed by atoms with van der Waals surface area (Å²) in [5.74, 6) is 0. The largest absolute Gasteiger partial charge is 0.353 e. The lowest BCUT2D eigenvalue weighted by molar-refractivity contribution is 0.176. The number of allylic oxidation sites excluding steroid dienone is 4. The van der Waals surface area contributed by atoms with Gasteiger partial charge in [0.2, 0.25) is 0 Å². The molecule has 0 spiro atoms. The lowest BCUT2D eigenvalue weighted by Gasteiger charge is -2.32. The van der Waals surface area contributed by atoms with Gasteiger partial charge >= 0.3 is 0 Å². The van der Waals surface area contributed by atoms with Crippen LogP contribution in [0.4, 0.5) is 0 Å². The number of nitrogens with zero attached hydrogens (tertiary/aromatic N) is 2. The van der Waals surface area contributed by atoms with Crippen LogP contribution in [0.3, 0.4) is 0 Å². The summed E-state index contributed by atoms with van der Waals surface area (Å²) in [5.41, 5.74) is 4.69. The summed E-state index contributed by atoms with van der Waals surface area (Å²) in [7, 11) is 0. The minimum atomic E-state index is 0.630. The summed E-state index contributed by atoms with van der Waals surface area (Å²) in [6.07, 6.45) is 15.7. The summed E-state index contributed by atoms with van der Waals surface area (Å²) in [6, 6.07) is 0. The molecule has 0 aromatic rings. The first-order chi connectivity index (χ1) is 7.93. The van der Waals surface area contributed by atoms with Gasteiger partial charge in [-0.15, -0.1) is 0 Å². The average molecular weight is 214 g/mol. The molecule has 4 aliphatic rings. The average Bonchev–Trinajstić information content (AvgIpc) is 2.85. The molecule has 2 heteroatoms. The Balaban J connectivity index is 1.73. The molecule has 0 radical (unpaired) electrons. The highest BCUT2D eigenvalue weighted by Crippen LogP contribution is 2.44. The highest BCUT2D eigenvalue weighted by molar-refractivity contribution is 5.42.